The van der Waals surface area contributed by atoms with Gasteiger partial charge >= 0.3 is 5.97 Å². The fourth-order valence-corrected chi connectivity index (χ4v) is 1.77. The third kappa shape index (κ3) is 4.75. The Balaban J connectivity index is 2.40. The lowest BCUT2D eigenvalue weighted by Crippen LogP contribution is -2.33. The number of carbonyl (C=O) groups excluding carboxylic acids is 2. The number of esters is 1. The molecule has 0 aliphatic carbocycles. The fourth-order valence-electron chi connectivity index (χ4n) is 1.16. The van der Waals surface area contributed by atoms with Crippen molar-refractivity contribution in [3.8, 4) is 5.75 Å². The van der Waals surface area contributed by atoms with Crippen molar-refractivity contribution in [3.63, 3.8) is 0 Å². The zero-order valence-electron chi connectivity index (χ0n) is 10.2. The number of amides is 1. The maximum absolute atomic E-state index is 11.4. The lowest BCUT2D eigenvalue weighted by Gasteiger charge is -2.08. The van der Waals surface area contributed by atoms with Gasteiger partial charge in [-0.15, -0.1) is 0 Å². The molecule has 0 aliphatic heterocycles. The third-order valence-corrected chi connectivity index (χ3v) is 2.72. The van der Waals surface area contributed by atoms with Crippen LogP contribution in [0.2, 0.25) is 0 Å². The fraction of sp³-hybridized carbons (Fsp3) is 0.333. The second-order valence-electron chi connectivity index (χ2n) is 3.58. The molecule has 1 amide bonds. The number of hydrogen-bond acceptors (Lipinski definition) is 4. The average molecular weight is 316 g/mol. The minimum absolute atomic E-state index is 0.154. The van der Waals surface area contributed by atoms with Gasteiger partial charge in [0.25, 0.3) is 5.91 Å². The molecule has 0 aliphatic rings. The molecule has 5 nitrogen and oxygen atoms in total. The summed E-state index contributed by atoms with van der Waals surface area (Å²) < 4.78 is 10.5. The van der Waals surface area contributed by atoms with Gasteiger partial charge in [-0.2, -0.15) is 0 Å². The van der Waals surface area contributed by atoms with Gasteiger partial charge in [-0.3, -0.25) is 9.59 Å². The minimum atomic E-state index is -0.500. The predicted molar refractivity (Wildman–Crippen MR) is 69.4 cm³/mol. The zero-order chi connectivity index (χ0) is 13.5. The standard InChI is InChI=1S/C12H14BrNO4/c1-8-3-4-10(9(13)5-8)18-7-11(15)14-6-12(16)17-2/h3-5H,6-7H2,1-2H3,(H,14,15). The van der Waals surface area contributed by atoms with E-state index in [-0.39, 0.29) is 19.1 Å². The zero-order valence-corrected chi connectivity index (χ0v) is 11.7. The van der Waals surface area contributed by atoms with Gasteiger partial charge in [0.2, 0.25) is 0 Å². The highest BCUT2D eigenvalue weighted by Gasteiger charge is 2.07. The van der Waals surface area contributed by atoms with Crippen LogP contribution in [0.25, 0.3) is 0 Å². The second kappa shape index (κ2) is 7.00. The monoisotopic (exact) mass is 315 g/mol. The van der Waals surface area contributed by atoms with Crippen LogP contribution in [0.4, 0.5) is 0 Å². The molecule has 0 saturated heterocycles. The van der Waals surface area contributed by atoms with Crippen LogP contribution in [-0.2, 0) is 14.3 Å². The van der Waals surface area contributed by atoms with E-state index in [1.165, 1.54) is 7.11 Å². The molecule has 0 unspecified atom stereocenters. The van der Waals surface area contributed by atoms with Crippen molar-refractivity contribution < 1.29 is 19.1 Å². The lowest BCUT2D eigenvalue weighted by atomic mass is 10.2. The third-order valence-electron chi connectivity index (χ3n) is 2.10. The number of methoxy groups -OCH3 is 1. The van der Waals surface area contributed by atoms with Crippen LogP contribution in [0.5, 0.6) is 5.75 Å². The number of aryl methyl sites for hydroxylation is 1. The Labute approximate surface area is 114 Å². The normalized spacial score (nSPS) is 9.72. The Morgan fingerprint density at radius 2 is 2.11 bits per heavy atom. The van der Waals surface area contributed by atoms with E-state index in [2.05, 4.69) is 26.0 Å². The lowest BCUT2D eigenvalue weighted by molar-refractivity contribution is -0.141. The van der Waals surface area contributed by atoms with Crippen LogP contribution in [-0.4, -0.2) is 32.1 Å². The highest BCUT2D eigenvalue weighted by molar-refractivity contribution is 9.10. The topological polar surface area (TPSA) is 64.6 Å². The molecule has 0 atom stereocenters. The van der Waals surface area contributed by atoms with Crippen molar-refractivity contribution in [1.29, 1.82) is 0 Å². The highest BCUT2D eigenvalue weighted by Crippen LogP contribution is 2.25. The quantitative estimate of drug-likeness (QED) is 0.835. The molecule has 1 rings (SSSR count). The summed E-state index contributed by atoms with van der Waals surface area (Å²) in [4.78, 5) is 22.2. The molecule has 0 saturated carbocycles. The van der Waals surface area contributed by atoms with E-state index in [4.69, 9.17) is 4.74 Å². The second-order valence-corrected chi connectivity index (χ2v) is 4.43. The summed E-state index contributed by atoms with van der Waals surface area (Å²) in [7, 11) is 1.26. The number of ether oxygens (including phenoxy) is 2. The van der Waals surface area contributed by atoms with Gasteiger partial charge in [-0.25, -0.2) is 0 Å². The molecule has 0 fully saturated rings. The highest BCUT2D eigenvalue weighted by atomic mass is 79.9. The molecule has 98 valence electrons. The van der Waals surface area contributed by atoms with Crippen molar-refractivity contribution >= 4 is 27.8 Å². The number of benzene rings is 1. The van der Waals surface area contributed by atoms with Gasteiger partial charge in [0.05, 0.1) is 11.6 Å². The van der Waals surface area contributed by atoms with Gasteiger partial charge in [-0.1, -0.05) is 6.07 Å². The van der Waals surface area contributed by atoms with Gasteiger partial charge < -0.3 is 14.8 Å². The summed E-state index contributed by atoms with van der Waals surface area (Å²) in [6.07, 6.45) is 0. The molecule has 1 aromatic rings. The summed E-state index contributed by atoms with van der Waals surface area (Å²) in [5.41, 5.74) is 1.09. The summed E-state index contributed by atoms with van der Waals surface area (Å²) in [5.74, 6) is -0.304. The molecule has 0 bridgehead atoms. The van der Waals surface area contributed by atoms with E-state index in [1.807, 2.05) is 19.1 Å². The van der Waals surface area contributed by atoms with E-state index in [0.29, 0.717) is 5.75 Å². The van der Waals surface area contributed by atoms with Crippen LogP contribution >= 0.6 is 15.9 Å². The van der Waals surface area contributed by atoms with Crippen LogP contribution in [0, 0.1) is 6.92 Å². The molecule has 0 radical (unpaired) electrons. The van der Waals surface area contributed by atoms with E-state index in [1.54, 1.807) is 6.07 Å². The Morgan fingerprint density at radius 3 is 2.72 bits per heavy atom. The Bertz CT molecular complexity index is 448. The van der Waals surface area contributed by atoms with Crippen molar-refractivity contribution in [1.82, 2.24) is 5.32 Å². The van der Waals surface area contributed by atoms with Crippen LogP contribution in [0.15, 0.2) is 22.7 Å². The van der Waals surface area contributed by atoms with Gasteiger partial charge in [0.15, 0.2) is 6.61 Å². The van der Waals surface area contributed by atoms with E-state index >= 15 is 0 Å². The maximum Gasteiger partial charge on any atom is 0.325 e. The summed E-state index contributed by atoms with van der Waals surface area (Å²) >= 11 is 3.34. The summed E-state index contributed by atoms with van der Waals surface area (Å²) in [6.45, 7) is 1.64. The number of halogens is 1. The molecule has 18 heavy (non-hydrogen) atoms. The van der Waals surface area contributed by atoms with E-state index in [9.17, 15) is 9.59 Å². The molecular weight excluding hydrogens is 302 g/mol. The van der Waals surface area contributed by atoms with Crippen LogP contribution < -0.4 is 10.1 Å². The predicted octanol–water partition coefficient (Wildman–Crippen LogP) is 1.43. The first kappa shape index (κ1) is 14.5. The van der Waals surface area contributed by atoms with Crippen molar-refractivity contribution in [2.24, 2.45) is 0 Å². The molecule has 0 spiro atoms. The van der Waals surface area contributed by atoms with Gasteiger partial charge in [0.1, 0.15) is 12.3 Å². The first-order valence-electron chi connectivity index (χ1n) is 5.25. The van der Waals surface area contributed by atoms with E-state index < -0.39 is 5.97 Å². The molecule has 0 aromatic heterocycles. The molecule has 1 aromatic carbocycles. The molecular formula is C12H14BrNO4. The number of nitrogens with one attached hydrogen (secondary N) is 1. The average Bonchev–Trinajstić information content (AvgIpc) is 2.34. The number of rotatable bonds is 5. The SMILES string of the molecule is COC(=O)CNC(=O)COc1ccc(C)cc1Br. The minimum Gasteiger partial charge on any atom is -0.483 e. The molecule has 6 heteroatoms. The number of hydrogen-bond donors (Lipinski definition) is 1. The Hall–Kier alpha value is -1.56. The largest absolute Gasteiger partial charge is 0.483 e. The first-order valence-corrected chi connectivity index (χ1v) is 6.04. The van der Waals surface area contributed by atoms with Crippen molar-refractivity contribution in [2.75, 3.05) is 20.3 Å². The molecule has 0 heterocycles. The van der Waals surface area contributed by atoms with Crippen molar-refractivity contribution in [3.05, 3.63) is 28.2 Å². The summed E-state index contributed by atoms with van der Waals surface area (Å²) in [5, 5.41) is 2.38. The smallest absolute Gasteiger partial charge is 0.325 e. The maximum atomic E-state index is 11.4. The molecule has 1 N–H and O–H groups in total. The van der Waals surface area contributed by atoms with Gasteiger partial charge in [0, 0.05) is 0 Å². The Kier molecular flexibility index (Phi) is 5.64. The first-order chi connectivity index (χ1) is 8.52. The number of carbonyl (C=O) groups is 2. The van der Waals surface area contributed by atoms with Crippen LogP contribution in [0.1, 0.15) is 5.56 Å². The Morgan fingerprint density at radius 1 is 1.39 bits per heavy atom. The van der Waals surface area contributed by atoms with Crippen molar-refractivity contribution in [2.45, 2.75) is 6.92 Å². The summed E-state index contributed by atoms with van der Waals surface area (Å²) in [6, 6.07) is 5.54. The van der Waals surface area contributed by atoms with E-state index in [0.717, 1.165) is 10.0 Å². The van der Waals surface area contributed by atoms with Crippen LogP contribution in [0.3, 0.4) is 0 Å². The van der Waals surface area contributed by atoms with Gasteiger partial charge in [-0.05, 0) is 40.5 Å².